The Labute approximate surface area is 164 Å². The minimum Gasteiger partial charge on any atom is -0.544 e. The Kier molecular flexibility index (Phi) is 4.36. The van der Waals surface area contributed by atoms with E-state index in [0.717, 1.165) is 16.7 Å². The molecule has 3 aromatic rings. The van der Waals surface area contributed by atoms with Crippen LogP contribution in [0.4, 0.5) is 0 Å². The van der Waals surface area contributed by atoms with Crippen LogP contribution in [0.25, 0.3) is 0 Å². The van der Waals surface area contributed by atoms with Crippen molar-refractivity contribution in [2.75, 3.05) is 0 Å². The number of benzene rings is 3. The second kappa shape index (κ2) is 6.73. The molecular weight excluding hydrogens is 350 g/mol. The van der Waals surface area contributed by atoms with E-state index in [1.54, 1.807) is 6.92 Å². The fourth-order valence-electron chi connectivity index (χ4n) is 4.76. The number of nitrogens with zero attached hydrogens (tertiary/aromatic N) is 1. The highest BCUT2D eigenvalue weighted by Gasteiger charge is 2.77. The monoisotopic (exact) mass is 370 g/mol. The van der Waals surface area contributed by atoms with E-state index < -0.39 is 23.6 Å². The van der Waals surface area contributed by atoms with Crippen LogP contribution in [-0.2, 0) is 15.1 Å². The Balaban J connectivity index is 2.15. The van der Waals surface area contributed by atoms with Crippen LogP contribution < -0.4 is 5.11 Å². The average Bonchev–Trinajstić information content (AvgIpc) is 3.37. The van der Waals surface area contributed by atoms with Crippen LogP contribution in [-0.4, -0.2) is 28.9 Å². The highest BCUT2D eigenvalue weighted by atomic mass is 16.4. The van der Waals surface area contributed by atoms with Crippen molar-refractivity contribution in [3.8, 4) is 0 Å². The molecule has 1 aliphatic heterocycles. The van der Waals surface area contributed by atoms with Crippen LogP contribution in [0.3, 0.4) is 0 Å². The Morgan fingerprint density at radius 1 is 0.821 bits per heavy atom. The van der Waals surface area contributed by atoms with Crippen molar-refractivity contribution in [3.63, 3.8) is 0 Å². The lowest BCUT2D eigenvalue weighted by Gasteiger charge is -2.40. The van der Waals surface area contributed by atoms with Crippen molar-refractivity contribution in [1.29, 1.82) is 0 Å². The molecule has 4 rings (SSSR count). The lowest BCUT2D eigenvalue weighted by Crippen LogP contribution is -2.54. The zero-order valence-electron chi connectivity index (χ0n) is 15.5. The molecule has 3 aromatic carbocycles. The maximum Gasteiger partial charge on any atom is 0.445 e. The maximum absolute atomic E-state index is 12.5. The Bertz CT molecular complexity index is 891. The summed E-state index contributed by atoms with van der Waals surface area (Å²) < 4.78 is -0.382. The molecule has 28 heavy (non-hydrogen) atoms. The smallest absolute Gasteiger partial charge is 0.445 e. The first kappa shape index (κ1) is 18.1. The lowest BCUT2D eigenvalue weighted by atomic mass is 9.75. The summed E-state index contributed by atoms with van der Waals surface area (Å²) in [6, 6.07) is 27.3. The second-order valence-electron chi connectivity index (χ2n) is 7.18. The molecule has 1 unspecified atom stereocenters. The van der Waals surface area contributed by atoms with Gasteiger partial charge in [0.1, 0.15) is 5.97 Å². The Morgan fingerprint density at radius 3 is 1.43 bits per heavy atom. The molecule has 1 radical (unpaired) electrons. The first-order valence-electron chi connectivity index (χ1n) is 9.26. The third kappa shape index (κ3) is 2.28. The van der Waals surface area contributed by atoms with Gasteiger partial charge in [0.2, 0.25) is 0 Å². The number of amides is 1. The normalized spacial score (nSPS) is 23.8. The fraction of sp³-hybridized carbons (Fsp3) is 0.167. The number of hydrogen-bond acceptors (Lipinski definition) is 3. The number of quaternary nitrogens is 1. The Hall–Kier alpha value is -3.24. The molecule has 0 spiro atoms. The van der Waals surface area contributed by atoms with E-state index in [0.29, 0.717) is 0 Å². The van der Waals surface area contributed by atoms with E-state index in [4.69, 9.17) is 0 Å². The Morgan fingerprint density at radius 2 is 1.18 bits per heavy atom. The van der Waals surface area contributed by atoms with Gasteiger partial charge in [0.05, 0.1) is 0 Å². The van der Waals surface area contributed by atoms with Crippen LogP contribution in [0.2, 0.25) is 0 Å². The first-order valence-corrected chi connectivity index (χ1v) is 9.26. The summed E-state index contributed by atoms with van der Waals surface area (Å²) in [5, 5.41) is 12.0. The molecule has 4 heteroatoms. The third-order valence-corrected chi connectivity index (χ3v) is 5.97. The van der Waals surface area contributed by atoms with E-state index >= 15 is 0 Å². The highest BCUT2D eigenvalue weighted by Crippen LogP contribution is 2.57. The molecular formula is C24H20NO3. The van der Waals surface area contributed by atoms with Crippen molar-refractivity contribution in [2.24, 2.45) is 0 Å². The molecule has 1 aliphatic rings. The van der Waals surface area contributed by atoms with Crippen LogP contribution in [0.15, 0.2) is 91.0 Å². The zero-order chi connectivity index (χ0) is 19.8. The van der Waals surface area contributed by atoms with E-state index in [-0.39, 0.29) is 4.48 Å². The molecule has 1 heterocycles. The quantitative estimate of drug-likeness (QED) is 0.380. The molecule has 4 nitrogen and oxygen atoms in total. The van der Waals surface area contributed by atoms with Crippen molar-refractivity contribution in [1.82, 2.24) is 0 Å². The number of rotatable bonds is 6. The van der Waals surface area contributed by atoms with Crippen molar-refractivity contribution >= 4 is 12.4 Å². The maximum atomic E-state index is 12.5. The summed E-state index contributed by atoms with van der Waals surface area (Å²) in [7, 11) is 0. The van der Waals surface area contributed by atoms with Gasteiger partial charge in [0.15, 0.2) is 17.6 Å². The number of hydrogen-bond donors (Lipinski definition) is 0. The fourth-order valence-corrected chi connectivity index (χ4v) is 4.76. The largest absolute Gasteiger partial charge is 0.544 e. The molecule has 1 amide bonds. The molecule has 1 saturated heterocycles. The van der Waals surface area contributed by atoms with Crippen LogP contribution >= 0.6 is 0 Å². The zero-order valence-corrected chi connectivity index (χ0v) is 15.5. The molecule has 139 valence electrons. The highest BCUT2D eigenvalue weighted by molar-refractivity contribution is 5.77. The van der Waals surface area contributed by atoms with Crippen LogP contribution in [0.5, 0.6) is 0 Å². The van der Waals surface area contributed by atoms with E-state index in [1.165, 1.54) is 0 Å². The standard InChI is InChI=1S/C24H21NO3/c1-18-22(23(27)28)25(18,17-26)24(19-11-5-2-6-12-19,20-13-7-3-8-14-20)21-15-9-4-10-16-21/h2-16,18,22H,1H3,(H,27,28)/q+1/p-1/t18-,22-,25?/m0/s1. The van der Waals surface area contributed by atoms with Gasteiger partial charge in [-0.3, -0.25) is 0 Å². The predicted molar refractivity (Wildman–Crippen MR) is 103 cm³/mol. The molecule has 1 fully saturated rings. The van der Waals surface area contributed by atoms with Gasteiger partial charge in [-0.25, -0.2) is 9.28 Å². The van der Waals surface area contributed by atoms with Gasteiger partial charge in [-0.1, -0.05) is 91.0 Å². The van der Waals surface area contributed by atoms with E-state index in [1.807, 2.05) is 91.0 Å². The van der Waals surface area contributed by atoms with Gasteiger partial charge in [-0.05, 0) is 6.92 Å². The minimum absolute atomic E-state index is 0.382. The van der Waals surface area contributed by atoms with Gasteiger partial charge in [0.25, 0.3) is 0 Å². The van der Waals surface area contributed by atoms with Gasteiger partial charge < -0.3 is 9.90 Å². The summed E-state index contributed by atoms with van der Waals surface area (Å²) >= 11 is 0. The molecule has 0 bridgehead atoms. The number of carbonyl (C=O) groups is 1. The van der Waals surface area contributed by atoms with Crippen molar-refractivity contribution < 1.29 is 19.2 Å². The van der Waals surface area contributed by atoms with Gasteiger partial charge in [-0.2, -0.15) is 0 Å². The molecule has 0 aromatic heterocycles. The van der Waals surface area contributed by atoms with Crippen molar-refractivity contribution in [2.45, 2.75) is 24.5 Å². The van der Waals surface area contributed by atoms with E-state index in [2.05, 4.69) is 6.41 Å². The SMILES string of the molecule is C[C@H]1[C@@H](C(=O)[O-])[N+]1([C]=O)C(c1ccccc1)(c1ccccc1)c1ccccc1. The topological polar surface area (TPSA) is 57.2 Å². The summed E-state index contributed by atoms with van der Waals surface area (Å²) in [5.74, 6) is -1.23. The summed E-state index contributed by atoms with van der Waals surface area (Å²) in [4.78, 5) is 24.5. The minimum atomic E-state index is -1.23. The van der Waals surface area contributed by atoms with Gasteiger partial charge in [0, 0.05) is 16.7 Å². The van der Waals surface area contributed by atoms with Crippen LogP contribution in [0, 0.1) is 0 Å². The second-order valence-corrected chi connectivity index (χ2v) is 7.18. The van der Waals surface area contributed by atoms with E-state index in [9.17, 15) is 14.7 Å². The van der Waals surface area contributed by atoms with Gasteiger partial charge in [-0.15, -0.1) is 0 Å². The average molecular weight is 370 g/mol. The molecule has 0 saturated carbocycles. The number of aliphatic carboxylic acids is 1. The molecule has 0 N–H and O–H groups in total. The predicted octanol–water partition coefficient (Wildman–Crippen LogP) is 2.38. The molecule has 3 atom stereocenters. The lowest BCUT2D eigenvalue weighted by molar-refractivity contribution is -0.780. The van der Waals surface area contributed by atoms with Crippen LogP contribution in [0.1, 0.15) is 23.6 Å². The summed E-state index contributed by atoms with van der Waals surface area (Å²) in [5.41, 5.74) is 1.47. The number of carboxylic acid groups (broad SMARTS) is 1. The first-order chi connectivity index (χ1) is 13.6. The third-order valence-electron chi connectivity index (χ3n) is 5.97. The summed E-state index contributed by atoms with van der Waals surface area (Å²) in [6.07, 6.45) is 2.14. The molecule has 0 aliphatic carbocycles. The number of carboxylic acids is 1. The van der Waals surface area contributed by atoms with Crippen molar-refractivity contribution in [3.05, 3.63) is 108 Å². The number of carbonyl (C=O) groups excluding carboxylic acids is 2. The summed E-state index contributed by atoms with van der Waals surface area (Å²) in [6.45, 7) is 1.77. The van der Waals surface area contributed by atoms with Gasteiger partial charge >= 0.3 is 6.41 Å².